The van der Waals surface area contributed by atoms with E-state index in [0.29, 0.717) is 6.26 Å². The Kier molecular flexibility index (Phi) is 2.40. The van der Waals surface area contributed by atoms with Gasteiger partial charge in [-0.3, -0.25) is 0 Å². The van der Waals surface area contributed by atoms with Crippen molar-refractivity contribution in [2.75, 3.05) is 12.8 Å². The number of nitrogens with one attached hydrogen (secondary N) is 1. The van der Waals surface area contributed by atoms with Crippen LogP contribution in [0.3, 0.4) is 0 Å². The Morgan fingerprint density at radius 2 is 2.00 bits per heavy atom. The van der Waals surface area contributed by atoms with E-state index in [-0.39, 0.29) is 6.04 Å². The summed E-state index contributed by atoms with van der Waals surface area (Å²) >= 11 is 0. The molecule has 0 heterocycles. The van der Waals surface area contributed by atoms with Crippen molar-refractivity contribution in [2.24, 2.45) is 0 Å². The minimum absolute atomic E-state index is 0.0950. The summed E-state index contributed by atoms with van der Waals surface area (Å²) in [5.41, 5.74) is 0. The van der Waals surface area contributed by atoms with Crippen LogP contribution in [0.5, 0.6) is 0 Å². The standard InChI is InChI=1S/C6H11F2NO2S/c1-12(10,11)6(7,8)4-9-5-2-3-5/h5,9H,2-4H2,1H3. The van der Waals surface area contributed by atoms with Crippen molar-refractivity contribution >= 4 is 9.84 Å². The summed E-state index contributed by atoms with van der Waals surface area (Å²) in [7, 11) is -4.27. The molecule has 0 spiro atoms. The number of hydrogen-bond acceptors (Lipinski definition) is 3. The smallest absolute Gasteiger partial charge is 0.307 e. The molecule has 0 aromatic rings. The molecule has 3 nitrogen and oxygen atoms in total. The van der Waals surface area contributed by atoms with Gasteiger partial charge < -0.3 is 5.32 Å². The van der Waals surface area contributed by atoms with Crippen molar-refractivity contribution in [3.63, 3.8) is 0 Å². The quantitative estimate of drug-likeness (QED) is 0.711. The third kappa shape index (κ3) is 2.38. The van der Waals surface area contributed by atoms with E-state index >= 15 is 0 Å². The van der Waals surface area contributed by atoms with Gasteiger partial charge in [0.25, 0.3) is 0 Å². The largest absolute Gasteiger partial charge is 0.357 e. The lowest BCUT2D eigenvalue weighted by Crippen LogP contribution is -2.40. The molecule has 1 fully saturated rings. The first-order valence-corrected chi connectivity index (χ1v) is 5.53. The average Bonchev–Trinajstić information content (AvgIpc) is 2.62. The van der Waals surface area contributed by atoms with Crippen LogP contribution in [-0.4, -0.2) is 32.5 Å². The van der Waals surface area contributed by atoms with Crippen LogP contribution in [0.15, 0.2) is 0 Å². The van der Waals surface area contributed by atoms with E-state index in [1.807, 2.05) is 0 Å². The number of hydrogen-bond donors (Lipinski definition) is 1. The highest BCUT2D eigenvalue weighted by Gasteiger charge is 2.42. The number of halogens is 2. The fraction of sp³-hybridized carbons (Fsp3) is 1.00. The van der Waals surface area contributed by atoms with E-state index in [9.17, 15) is 17.2 Å². The Morgan fingerprint density at radius 1 is 1.50 bits per heavy atom. The molecule has 1 saturated carbocycles. The van der Waals surface area contributed by atoms with Crippen molar-refractivity contribution in [1.82, 2.24) is 5.32 Å². The molecule has 0 atom stereocenters. The van der Waals surface area contributed by atoms with Crippen molar-refractivity contribution in [3.8, 4) is 0 Å². The zero-order chi connectivity index (χ0) is 9.41. The predicted molar refractivity (Wildman–Crippen MR) is 40.8 cm³/mol. The van der Waals surface area contributed by atoms with Crippen LogP contribution in [0.25, 0.3) is 0 Å². The maximum absolute atomic E-state index is 12.7. The molecule has 1 N–H and O–H groups in total. The van der Waals surface area contributed by atoms with Gasteiger partial charge in [-0.25, -0.2) is 8.42 Å². The molecule has 0 saturated heterocycles. The van der Waals surface area contributed by atoms with Gasteiger partial charge in [0.2, 0.25) is 9.84 Å². The average molecular weight is 199 g/mol. The first kappa shape index (κ1) is 9.85. The maximum atomic E-state index is 12.7. The fourth-order valence-electron chi connectivity index (χ4n) is 0.682. The van der Waals surface area contributed by atoms with Crippen molar-refractivity contribution < 1.29 is 17.2 Å². The second-order valence-electron chi connectivity index (χ2n) is 3.06. The van der Waals surface area contributed by atoms with Gasteiger partial charge in [0, 0.05) is 12.3 Å². The first-order valence-electron chi connectivity index (χ1n) is 3.64. The van der Waals surface area contributed by atoms with Crippen LogP contribution in [0.2, 0.25) is 0 Å². The summed E-state index contributed by atoms with van der Waals surface area (Å²) in [5, 5.41) is -1.16. The third-order valence-corrected chi connectivity index (χ3v) is 2.95. The lowest BCUT2D eigenvalue weighted by atomic mass is 10.6. The van der Waals surface area contributed by atoms with Gasteiger partial charge in [0.1, 0.15) is 0 Å². The molecule has 6 heteroatoms. The minimum Gasteiger partial charge on any atom is -0.307 e. The van der Waals surface area contributed by atoms with Crippen LogP contribution < -0.4 is 5.32 Å². The molecule has 0 aromatic heterocycles. The molecule has 0 aliphatic heterocycles. The molecule has 0 bridgehead atoms. The van der Waals surface area contributed by atoms with Crippen LogP contribution in [0.4, 0.5) is 8.78 Å². The molecular formula is C6H11F2NO2S. The Labute approximate surface area is 70.1 Å². The van der Waals surface area contributed by atoms with Crippen molar-refractivity contribution in [3.05, 3.63) is 0 Å². The lowest BCUT2D eigenvalue weighted by Gasteiger charge is -2.14. The summed E-state index contributed by atoms with van der Waals surface area (Å²) in [5.74, 6) is 0. The van der Waals surface area contributed by atoms with E-state index in [0.717, 1.165) is 12.8 Å². The van der Waals surface area contributed by atoms with E-state index in [1.165, 1.54) is 0 Å². The molecule has 72 valence electrons. The molecule has 0 amide bonds. The highest BCUT2D eigenvalue weighted by molar-refractivity contribution is 7.91. The second kappa shape index (κ2) is 2.92. The highest BCUT2D eigenvalue weighted by atomic mass is 32.2. The topological polar surface area (TPSA) is 46.2 Å². The van der Waals surface area contributed by atoms with Gasteiger partial charge in [-0.15, -0.1) is 0 Å². The Hall–Kier alpha value is -0.230. The Bertz CT molecular complexity index is 259. The maximum Gasteiger partial charge on any atom is 0.357 e. The summed E-state index contributed by atoms with van der Waals surface area (Å²) in [6.45, 7) is -0.767. The third-order valence-electron chi connectivity index (χ3n) is 1.72. The first-order chi connectivity index (χ1) is 5.33. The van der Waals surface area contributed by atoms with Crippen molar-refractivity contribution in [2.45, 2.75) is 24.1 Å². The van der Waals surface area contributed by atoms with E-state index in [4.69, 9.17) is 0 Å². The normalized spacial score (nSPS) is 19.6. The molecule has 0 aromatic carbocycles. The number of rotatable bonds is 4. The van der Waals surface area contributed by atoms with Crippen LogP contribution >= 0.6 is 0 Å². The summed E-state index contributed by atoms with van der Waals surface area (Å²) in [4.78, 5) is 0. The molecule has 0 unspecified atom stereocenters. The highest BCUT2D eigenvalue weighted by Crippen LogP contribution is 2.23. The molecule has 1 aliphatic carbocycles. The summed E-state index contributed by atoms with van der Waals surface area (Å²) < 4.78 is 46.3. The van der Waals surface area contributed by atoms with Crippen LogP contribution in [0.1, 0.15) is 12.8 Å². The van der Waals surface area contributed by atoms with Crippen molar-refractivity contribution in [1.29, 1.82) is 0 Å². The molecule has 1 rings (SSSR count). The van der Waals surface area contributed by atoms with Gasteiger partial charge in [-0.05, 0) is 12.8 Å². The zero-order valence-electron chi connectivity index (χ0n) is 6.68. The number of sulfone groups is 1. The minimum atomic E-state index is -4.27. The van der Waals surface area contributed by atoms with E-state index in [2.05, 4.69) is 5.32 Å². The summed E-state index contributed by atoms with van der Waals surface area (Å²) in [6, 6.07) is 0.0950. The molecule has 1 aliphatic rings. The van der Waals surface area contributed by atoms with Crippen LogP contribution in [0, 0.1) is 0 Å². The number of alkyl halides is 2. The van der Waals surface area contributed by atoms with Gasteiger partial charge >= 0.3 is 5.25 Å². The second-order valence-corrected chi connectivity index (χ2v) is 5.21. The zero-order valence-corrected chi connectivity index (χ0v) is 7.50. The lowest BCUT2D eigenvalue weighted by molar-refractivity contribution is 0.0915. The summed E-state index contributed by atoms with van der Waals surface area (Å²) in [6.07, 6.45) is 2.27. The monoisotopic (exact) mass is 199 g/mol. The van der Waals surface area contributed by atoms with E-state index in [1.54, 1.807) is 0 Å². The SMILES string of the molecule is CS(=O)(=O)C(F)(F)CNC1CC1. The molecule has 12 heavy (non-hydrogen) atoms. The fourth-order valence-corrected chi connectivity index (χ4v) is 1.03. The van der Waals surface area contributed by atoms with Gasteiger partial charge in [-0.1, -0.05) is 0 Å². The molecule has 0 radical (unpaired) electrons. The van der Waals surface area contributed by atoms with Gasteiger partial charge in [0.15, 0.2) is 0 Å². The Balaban J connectivity index is 2.46. The molecular weight excluding hydrogens is 188 g/mol. The van der Waals surface area contributed by atoms with Gasteiger partial charge in [0.05, 0.1) is 6.54 Å². The Morgan fingerprint density at radius 3 is 2.33 bits per heavy atom. The van der Waals surface area contributed by atoms with E-state index < -0.39 is 21.6 Å². The van der Waals surface area contributed by atoms with Gasteiger partial charge in [-0.2, -0.15) is 8.78 Å². The predicted octanol–water partition coefficient (Wildman–Crippen LogP) is 0.376. The van der Waals surface area contributed by atoms with Crippen LogP contribution in [-0.2, 0) is 9.84 Å².